The molecule has 284 valence electrons. The van der Waals surface area contributed by atoms with Gasteiger partial charge in [-0.25, -0.2) is 0 Å². The lowest BCUT2D eigenvalue weighted by Gasteiger charge is -2.41. The lowest BCUT2D eigenvalue weighted by Crippen LogP contribution is -2.54. The van der Waals surface area contributed by atoms with Crippen LogP contribution in [0.4, 0.5) is 0 Å². The van der Waals surface area contributed by atoms with Crippen LogP contribution in [0, 0.1) is 29.6 Å². The number of likely N-dealkylation sites (N-methyl/N-ethyl adjacent to an activating group) is 2. The number of hydrogen-bond donors (Lipinski definition) is 2. The van der Waals surface area contributed by atoms with Crippen LogP contribution in [0.3, 0.4) is 0 Å². The first kappa shape index (κ1) is 43.2. The molecular weight excluding hydrogens is 622 g/mol. The summed E-state index contributed by atoms with van der Waals surface area (Å²) in [6, 6.07) is -0.863. The van der Waals surface area contributed by atoms with Crippen LogP contribution in [0.15, 0.2) is 0 Å². The van der Waals surface area contributed by atoms with E-state index in [1.54, 1.807) is 33.2 Å². The van der Waals surface area contributed by atoms with Gasteiger partial charge in [0.05, 0.1) is 36.8 Å². The second-order valence-electron chi connectivity index (χ2n) is 15.3. The Morgan fingerprint density at radius 1 is 0.918 bits per heavy atom. The number of amides is 2. The number of Topliss-reactive ketones (excluding diaryl/α,β-unsaturated/α-hetero) is 2. The molecule has 2 N–H and O–H groups in total. The monoisotopic (exact) mass is 694 g/mol. The number of ketones is 2. The second-order valence-corrected chi connectivity index (χ2v) is 15.3. The van der Waals surface area contributed by atoms with Crippen LogP contribution < -0.4 is 10.6 Å². The molecule has 2 saturated heterocycles. The van der Waals surface area contributed by atoms with Crippen LogP contribution >= 0.6 is 0 Å². The van der Waals surface area contributed by atoms with Gasteiger partial charge in [-0.3, -0.25) is 19.2 Å². The summed E-state index contributed by atoms with van der Waals surface area (Å²) in [6.45, 7) is 19.6. The predicted octanol–water partition coefficient (Wildman–Crippen LogP) is 3.64. The summed E-state index contributed by atoms with van der Waals surface area (Å²) >= 11 is 0. The predicted molar refractivity (Wildman–Crippen MR) is 195 cm³/mol. The van der Waals surface area contributed by atoms with Gasteiger partial charge in [-0.1, -0.05) is 54.9 Å². The van der Waals surface area contributed by atoms with Crippen molar-refractivity contribution in [2.45, 2.75) is 124 Å². The Morgan fingerprint density at radius 2 is 1.57 bits per heavy atom. The Morgan fingerprint density at radius 3 is 2.10 bits per heavy atom. The van der Waals surface area contributed by atoms with E-state index in [1.165, 1.54) is 0 Å². The number of methoxy groups -OCH3 is 2. The van der Waals surface area contributed by atoms with E-state index < -0.39 is 12.0 Å². The van der Waals surface area contributed by atoms with Crippen molar-refractivity contribution in [3.63, 3.8) is 0 Å². The largest absolute Gasteiger partial charge is 0.379 e. The van der Waals surface area contributed by atoms with Gasteiger partial charge in [-0.05, 0) is 50.6 Å². The quantitative estimate of drug-likeness (QED) is 0.175. The molecule has 0 bridgehead atoms. The highest BCUT2D eigenvalue weighted by molar-refractivity contribution is 5.90. The maximum absolute atomic E-state index is 14.2. The third kappa shape index (κ3) is 12.1. The number of carbonyl (C=O) groups excluding carboxylic acids is 4. The summed E-state index contributed by atoms with van der Waals surface area (Å²) in [5.74, 6) is -0.591. The van der Waals surface area contributed by atoms with Gasteiger partial charge in [-0.2, -0.15) is 0 Å². The number of likely N-dealkylation sites (tertiary alicyclic amines) is 1. The van der Waals surface area contributed by atoms with Crippen LogP contribution in [-0.2, 0) is 28.7 Å². The zero-order valence-electron chi connectivity index (χ0n) is 32.8. The number of ether oxygens (including phenoxy) is 2. The van der Waals surface area contributed by atoms with E-state index in [9.17, 15) is 19.2 Å². The van der Waals surface area contributed by atoms with Crippen LogP contribution in [0.1, 0.15) is 93.4 Å². The molecule has 0 aliphatic carbocycles. The molecule has 11 heteroatoms. The first-order chi connectivity index (χ1) is 23.2. The summed E-state index contributed by atoms with van der Waals surface area (Å²) in [6.07, 6.45) is 3.11. The Kier molecular flexibility index (Phi) is 18.9. The van der Waals surface area contributed by atoms with Gasteiger partial charge >= 0.3 is 0 Å². The van der Waals surface area contributed by atoms with Crippen LogP contribution in [0.5, 0.6) is 0 Å². The standard InChI is InChI=1S/C38H71N5O6/c1-12-27(6)36(41(9)38(47)29(25(2)3)23-32(45)35(39-8)26(4)5)33(48-10)24-34(46)43-20-13-15-30(43)37(49-11)28(7)31(44)16-14-19-42-21-17-40-18-22-42/h25-30,33,35-37,39-40H,12-24H2,1-11H3/t27-,28-,29-,30-,33+,35-,36-,37+/m0/s1. The van der Waals surface area contributed by atoms with Crippen molar-refractivity contribution >= 4 is 23.4 Å². The van der Waals surface area contributed by atoms with E-state index in [0.29, 0.717) is 13.0 Å². The average Bonchev–Trinajstić information content (AvgIpc) is 3.56. The average molecular weight is 694 g/mol. The molecule has 0 unspecified atom stereocenters. The van der Waals surface area contributed by atoms with Gasteiger partial charge in [0.25, 0.3) is 0 Å². The van der Waals surface area contributed by atoms with E-state index in [-0.39, 0.29) is 84.1 Å². The molecule has 2 aliphatic heterocycles. The zero-order valence-corrected chi connectivity index (χ0v) is 32.8. The molecular formula is C38H71N5O6. The smallest absolute Gasteiger partial charge is 0.226 e. The maximum Gasteiger partial charge on any atom is 0.226 e. The minimum absolute atomic E-state index is 0.0353. The number of piperazine rings is 1. The number of nitrogens with one attached hydrogen (secondary N) is 2. The topological polar surface area (TPSA) is 121 Å². The van der Waals surface area contributed by atoms with E-state index in [0.717, 1.165) is 58.4 Å². The van der Waals surface area contributed by atoms with E-state index in [1.807, 2.05) is 39.5 Å². The maximum atomic E-state index is 14.2. The molecule has 2 amide bonds. The fourth-order valence-electron chi connectivity index (χ4n) is 8.06. The fourth-order valence-corrected chi connectivity index (χ4v) is 8.06. The normalized spacial score (nSPS) is 21.7. The zero-order chi connectivity index (χ0) is 36.8. The van der Waals surface area contributed by atoms with Crippen LogP contribution in [0.2, 0.25) is 0 Å². The molecule has 0 radical (unpaired) electrons. The molecule has 0 spiro atoms. The highest BCUT2D eigenvalue weighted by Gasteiger charge is 2.43. The lowest BCUT2D eigenvalue weighted by atomic mass is 9.84. The summed E-state index contributed by atoms with van der Waals surface area (Å²) in [7, 11) is 6.83. The van der Waals surface area contributed by atoms with E-state index in [2.05, 4.69) is 29.4 Å². The Hall–Kier alpha value is -1.92. The van der Waals surface area contributed by atoms with E-state index >= 15 is 0 Å². The van der Waals surface area contributed by atoms with Crippen molar-refractivity contribution in [2.75, 3.05) is 67.6 Å². The molecule has 11 nitrogen and oxygen atoms in total. The summed E-state index contributed by atoms with van der Waals surface area (Å²) in [5, 5.41) is 6.49. The molecule has 2 aliphatic rings. The molecule has 49 heavy (non-hydrogen) atoms. The number of hydrogen-bond acceptors (Lipinski definition) is 9. The van der Waals surface area contributed by atoms with Gasteiger partial charge in [-0.15, -0.1) is 0 Å². The molecule has 0 aromatic carbocycles. The van der Waals surface area contributed by atoms with Crippen molar-refractivity contribution in [1.29, 1.82) is 0 Å². The lowest BCUT2D eigenvalue weighted by molar-refractivity contribution is -0.149. The van der Waals surface area contributed by atoms with Crippen molar-refractivity contribution in [2.24, 2.45) is 29.6 Å². The first-order valence-electron chi connectivity index (χ1n) is 19.0. The van der Waals surface area contributed by atoms with Crippen molar-refractivity contribution in [3.05, 3.63) is 0 Å². The molecule has 0 aromatic rings. The number of carbonyl (C=O) groups is 4. The molecule has 2 fully saturated rings. The van der Waals surface area contributed by atoms with Gasteiger partial charge < -0.3 is 34.8 Å². The Balaban J connectivity index is 2.17. The van der Waals surface area contributed by atoms with E-state index in [4.69, 9.17) is 9.47 Å². The van der Waals surface area contributed by atoms with Gasteiger partial charge in [0.1, 0.15) is 5.78 Å². The molecule has 2 rings (SSSR count). The third-order valence-electron chi connectivity index (χ3n) is 11.3. The summed E-state index contributed by atoms with van der Waals surface area (Å²) in [4.78, 5) is 60.9. The van der Waals surface area contributed by atoms with Crippen molar-refractivity contribution < 1.29 is 28.7 Å². The van der Waals surface area contributed by atoms with Gasteiger partial charge in [0, 0.05) is 78.7 Å². The summed E-state index contributed by atoms with van der Waals surface area (Å²) in [5.41, 5.74) is 0. The Bertz CT molecular complexity index is 1030. The summed E-state index contributed by atoms with van der Waals surface area (Å²) < 4.78 is 12.0. The Labute approximate surface area is 297 Å². The molecule has 8 atom stereocenters. The second kappa shape index (κ2) is 21.4. The molecule has 0 aromatic heterocycles. The fraction of sp³-hybridized carbons (Fsp3) is 0.895. The van der Waals surface area contributed by atoms with Crippen LogP contribution in [-0.4, -0.2) is 136 Å². The van der Waals surface area contributed by atoms with Gasteiger partial charge in [0.2, 0.25) is 11.8 Å². The van der Waals surface area contributed by atoms with Gasteiger partial charge in [0.15, 0.2) is 5.78 Å². The van der Waals surface area contributed by atoms with Crippen LogP contribution in [0.25, 0.3) is 0 Å². The first-order valence-corrected chi connectivity index (χ1v) is 19.0. The molecule has 0 saturated carbocycles. The highest BCUT2D eigenvalue weighted by Crippen LogP contribution is 2.31. The minimum atomic E-state index is -0.535. The highest BCUT2D eigenvalue weighted by atomic mass is 16.5. The third-order valence-corrected chi connectivity index (χ3v) is 11.3. The SMILES string of the molecule is CC[C@H](C)[C@@H]([C@@H](CC(=O)N1CCC[C@H]1[C@H](OC)[C@@H](C)C(=O)CCCN1CCNCC1)OC)N(C)C(=O)[C@@H](CC(=O)[C@@H](NC)C(C)C)C(C)C. The minimum Gasteiger partial charge on any atom is -0.379 e. The van der Waals surface area contributed by atoms with Crippen molar-refractivity contribution in [1.82, 2.24) is 25.3 Å². The number of rotatable bonds is 22. The molecule has 2 heterocycles. The number of nitrogens with zero attached hydrogens (tertiary/aromatic N) is 3. The van der Waals surface area contributed by atoms with Crippen molar-refractivity contribution in [3.8, 4) is 0 Å².